The van der Waals surface area contributed by atoms with E-state index in [2.05, 4.69) is 51.5 Å². The topological polar surface area (TPSA) is 85.0 Å². The van der Waals surface area contributed by atoms with Crippen LogP contribution < -0.4 is 14.8 Å². The number of methoxy groups -OCH3 is 2. The van der Waals surface area contributed by atoms with Crippen LogP contribution in [0.15, 0.2) is 30.5 Å². The highest BCUT2D eigenvalue weighted by Crippen LogP contribution is 2.35. The molecule has 0 aliphatic rings. The molecule has 7 heteroatoms. The minimum atomic E-state index is 0.0191. The standard InChI is InChI=1S/C21H23N5O2/c1-11-6-14(16-10-22-26-18(16)7-11)12(2)23-21-15-8-19(27-4)20(28-5)9-17(15)24-13(3)25-21/h6-10,12H,1-5H3,(H,22,26)(H,23,24,25). The van der Waals surface area contributed by atoms with E-state index in [1.807, 2.05) is 25.3 Å². The van der Waals surface area contributed by atoms with Gasteiger partial charge in [-0.3, -0.25) is 5.10 Å². The molecule has 0 saturated heterocycles. The van der Waals surface area contributed by atoms with Crippen LogP contribution >= 0.6 is 0 Å². The molecule has 1 unspecified atom stereocenters. The molecule has 0 aliphatic carbocycles. The van der Waals surface area contributed by atoms with E-state index in [0.29, 0.717) is 17.3 Å². The third-order valence-corrected chi connectivity index (χ3v) is 4.87. The van der Waals surface area contributed by atoms with Gasteiger partial charge in [0.1, 0.15) is 11.6 Å². The van der Waals surface area contributed by atoms with Crippen molar-refractivity contribution in [3.8, 4) is 11.5 Å². The number of aromatic amines is 1. The molecule has 0 saturated carbocycles. The lowest BCUT2D eigenvalue weighted by molar-refractivity contribution is 0.356. The molecule has 0 amide bonds. The average molecular weight is 377 g/mol. The Bertz CT molecular complexity index is 1170. The third-order valence-electron chi connectivity index (χ3n) is 4.87. The number of fused-ring (bicyclic) bond motifs is 2. The lowest BCUT2D eigenvalue weighted by Gasteiger charge is -2.19. The average Bonchev–Trinajstić information content (AvgIpc) is 3.14. The molecule has 4 rings (SSSR count). The first-order valence-electron chi connectivity index (χ1n) is 9.10. The molecular formula is C21H23N5O2. The van der Waals surface area contributed by atoms with Crippen molar-refractivity contribution < 1.29 is 9.47 Å². The van der Waals surface area contributed by atoms with Gasteiger partial charge >= 0.3 is 0 Å². The lowest BCUT2D eigenvalue weighted by Crippen LogP contribution is -2.10. The van der Waals surface area contributed by atoms with Gasteiger partial charge in [-0.1, -0.05) is 6.07 Å². The summed E-state index contributed by atoms with van der Waals surface area (Å²) >= 11 is 0. The summed E-state index contributed by atoms with van der Waals surface area (Å²) in [6, 6.07) is 8.08. The molecule has 0 aliphatic heterocycles. The predicted octanol–water partition coefficient (Wildman–Crippen LogP) is 4.31. The van der Waals surface area contributed by atoms with E-state index in [1.54, 1.807) is 14.2 Å². The van der Waals surface area contributed by atoms with Gasteiger partial charge in [-0.25, -0.2) is 9.97 Å². The molecule has 2 aromatic carbocycles. The van der Waals surface area contributed by atoms with Crippen molar-refractivity contribution in [1.29, 1.82) is 0 Å². The second-order valence-electron chi connectivity index (χ2n) is 6.90. The number of anilines is 1. The van der Waals surface area contributed by atoms with E-state index in [9.17, 15) is 0 Å². The predicted molar refractivity (Wildman–Crippen MR) is 110 cm³/mol. The maximum Gasteiger partial charge on any atom is 0.162 e. The zero-order chi connectivity index (χ0) is 19.8. The van der Waals surface area contributed by atoms with Crippen LogP contribution in [-0.2, 0) is 0 Å². The number of nitrogens with one attached hydrogen (secondary N) is 2. The summed E-state index contributed by atoms with van der Waals surface area (Å²) in [6.07, 6.45) is 1.86. The van der Waals surface area contributed by atoms with Crippen LogP contribution in [-0.4, -0.2) is 34.4 Å². The maximum absolute atomic E-state index is 5.46. The van der Waals surface area contributed by atoms with Crippen molar-refractivity contribution in [1.82, 2.24) is 20.2 Å². The Kier molecular flexibility index (Phi) is 4.50. The largest absolute Gasteiger partial charge is 0.493 e. The Labute approximate surface area is 163 Å². The minimum absolute atomic E-state index is 0.0191. The fourth-order valence-electron chi connectivity index (χ4n) is 3.55. The zero-order valence-electron chi connectivity index (χ0n) is 16.6. The van der Waals surface area contributed by atoms with E-state index < -0.39 is 0 Å². The first kappa shape index (κ1) is 18.0. The number of benzene rings is 2. The Morgan fingerprint density at radius 1 is 0.964 bits per heavy atom. The summed E-state index contributed by atoms with van der Waals surface area (Å²) in [6.45, 7) is 6.08. The molecule has 0 fully saturated rings. The van der Waals surface area contributed by atoms with Gasteiger partial charge < -0.3 is 14.8 Å². The summed E-state index contributed by atoms with van der Waals surface area (Å²) in [5, 5.41) is 12.8. The van der Waals surface area contributed by atoms with Crippen molar-refractivity contribution in [2.45, 2.75) is 26.8 Å². The minimum Gasteiger partial charge on any atom is -0.493 e. The van der Waals surface area contributed by atoms with E-state index in [0.717, 1.165) is 33.2 Å². The summed E-state index contributed by atoms with van der Waals surface area (Å²) in [5.74, 6) is 2.73. The fraction of sp³-hybridized carbons (Fsp3) is 0.286. The number of hydrogen-bond acceptors (Lipinski definition) is 6. The Balaban J connectivity index is 1.81. The second kappa shape index (κ2) is 6.99. The van der Waals surface area contributed by atoms with Crippen LogP contribution in [0.2, 0.25) is 0 Å². The highest BCUT2D eigenvalue weighted by Gasteiger charge is 2.16. The summed E-state index contributed by atoms with van der Waals surface area (Å²) in [4.78, 5) is 9.20. The molecule has 2 aromatic heterocycles. The monoisotopic (exact) mass is 377 g/mol. The van der Waals surface area contributed by atoms with Crippen LogP contribution in [0.1, 0.15) is 29.9 Å². The molecule has 1 atom stereocenters. The Morgan fingerprint density at radius 2 is 1.71 bits per heavy atom. The van der Waals surface area contributed by atoms with Crippen LogP contribution in [0.5, 0.6) is 11.5 Å². The number of hydrogen-bond donors (Lipinski definition) is 2. The number of aromatic nitrogens is 4. The van der Waals surface area contributed by atoms with E-state index in [-0.39, 0.29) is 6.04 Å². The summed E-state index contributed by atoms with van der Waals surface area (Å²) < 4.78 is 10.9. The number of H-pyrrole nitrogens is 1. The quantitative estimate of drug-likeness (QED) is 0.539. The van der Waals surface area contributed by atoms with E-state index in [1.165, 1.54) is 5.56 Å². The van der Waals surface area contributed by atoms with E-state index in [4.69, 9.17) is 9.47 Å². The second-order valence-corrected chi connectivity index (χ2v) is 6.90. The molecule has 2 N–H and O–H groups in total. The normalized spacial score (nSPS) is 12.3. The van der Waals surface area contributed by atoms with Crippen molar-refractivity contribution >= 4 is 27.6 Å². The number of nitrogens with zero attached hydrogens (tertiary/aromatic N) is 3. The molecule has 0 radical (unpaired) electrons. The number of rotatable bonds is 5. The SMILES string of the molecule is COc1cc2nc(C)nc(NC(C)c3cc(C)cc4[nH]ncc34)c2cc1OC. The van der Waals surface area contributed by atoms with E-state index >= 15 is 0 Å². The maximum atomic E-state index is 5.46. The molecule has 0 spiro atoms. The molecule has 28 heavy (non-hydrogen) atoms. The van der Waals surface area contributed by atoms with Gasteiger partial charge in [0.2, 0.25) is 0 Å². The number of ether oxygens (including phenoxy) is 2. The van der Waals surface area contributed by atoms with Crippen LogP contribution in [0.25, 0.3) is 21.8 Å². The summed E-state index contributed by atoms with van der Waals surface area (Å²) in [5.41, 5.74) is 4.17. The molecule has 7 nitrogen and oxygen atoms in total. The van der Waals surface area contributed by atoms with Gasteiger partial charge in [0, 0.05) is 16.8 Å². The highest BCUT2D eigenvalue weighted by molar-refractivity contribution is 5.92. The van der Waals surface area contributed by atoms with Crippen molar-refractivity contribution in [3.05, 3.63) is 47.4 Å². The third kappa shape index (κ3) is 3.09. The van der Waals surface area contributed by atoms with Crippen LogP contribution in [0.4, 0.5) is 5.82 Å². The molecule has 2 heterocycles. The van der Waals surface area contributed by atoms with Crippen molar-refractivity contribution in [2.75, 3.05) is 19.5 Å². The van der Waals surface area contributed by atoms with Crippen molar-refractivity contribution in [3.63, 3.8) is 0 Å². The van der Waals surface area contributed by atoms with Crippen LogP contribution in [0, 0.1) is 13.8 Å². The lowest BCUT2D eigenvalue weighted by atomic mass is 10.0. The Hall–Kier alpha value is -3.35. The van der Waals surface area contributed by atoms with Crippen LogP contribution in [0.3, 0.4) is 0 Å². The molecule has 0 bridgehead atoms. The fourth-order valence-corrected chi connectivity index (χ4v) is 3.55. The smallest absolute Gasteiger partial charge is 0.162 e. The van der Waals surface area contributed by atoms with Gasteiger partial charge in [0.25, 0.3) is 0 Å². The number of aryl methyl sites for hydroxylation is 2. The molecule has 4 aromatic rings. The van der Waals surface area contributed by atoms with Gasteiger partial charge in [-0.15, -0.1) is 0 Å². The zero-order valence-corrected chi connectivity index (χ0v) is 16.6. The first-order valence-corrected chi connectivity index (χ1v) is 9.10. The van der Waals surface area contributed by atoms with Gasteiger partial charge in [-0.05, 0) is 44.0 Å². The molecular weight excluding hydrogens is 354 g/mol. The summed E-state index contributed by atoms with van der Waals surface area (Å²) in [7, 11) is 3.24. The van der Waals surface area contributed by atoms with Crippen molar-refractivity contribution in [2.24, 2.45) is 0 Å². The van der Waals surface area contributed by atoms with Gasteiger partial charge in [0.05, 0.1) is 37.5 Å². The molecule has 144 valence electrons. The van der Waals surface area contributed by atoms with Gasteiger partial charge in [0.15, 0.2) is 11.5 Å². The first-order chi connectivity index (χ1) is 13.5. The van der Waals surface area contributed by atoms with Gasteiger partial charge in [-0.2, -0.15) is 5.10 Å². The highest BCUT2D eigenvalue weighted by atomic mass is 16.5. The Morgan fingerprint density at radius 3 is 2.46 bits per heavy atom.